The van der Waals surface area contributed by atoms with Crippen LogP contribution < -0.4 is 0 Å². The highest BCUT2D eigenvalue weighted by Crippen LogP contribution is 2.65. The molecular weight excluding hydrogens is 308 g/mol. The molecule has 84 valence electrons. The van der Waals surface area contributed by atoms with Crippen molar-refractivity contribution in [2.24, 2.45) is 11.8 Å². The van der Waals surface area contributed by atoms with Crippen LogP contribution in [0.1, 0.15) is 45.4 Å². The number of aliphatic hydroxyl groups excluding tert-OH is 1. The number of unbranched alkanes of at least 4 members (excludes halogenated alkanes) is 2. The zero-order valence-corrected chi connectivity index (χ0v) is 12.0. The van der Waals surface area contributed by atoms with Gasteiger partial charge in [0.05, 0.1) is 3.23 Å². The Morgan fingerprint density at radius 2 is 1.64 bits per heavy atom. The van der Waals surface area contributed by atoms with Crippen LogP contribution in [0.4, 0.5) is 0 Å². The SMILES string of the molecule is CCCCCC1C(CCCO)C1(Br)Br. The monoisotopic (exact) mass is 326 g/mol. The van der Waals surface area contributed by atoms with Crippen LogP contribution in [0, 0.1) is 11.8 Å². The van der Waals surface area contributed by atoms with E-state index in [4.69, 9.17) is 5.11 Å². The van der Waals surface area contributed by atoms with Gasteiger partial charge in [0.1, 0.15) is 0 Å². The molecule has 0 spiro atoms. The minimum atomic E-state index is 0.197. The molecular formula is C11H20Br2O. The van der Waals surface area contributed by atoms with Gasteiger partial charge in [0.2, 0.25) is 0 Å². The molecule has 0 aromatic rings. The van der Waals surface area contributed by atoms with Gasteiger partial charge in [-0.25, -0.2) is 0 Å². The Hall–Kier alpha value is 0.920. The van der Waals surface area contributed by atoms with Gasteiger partial charge >= 0.3 is 0 Å². The van der Waals surface area contributed by atoms with Crippen LogP contribution in [0.5, 0.6) is 0 Å². The van der Waals surface area contributed by atoms with Crippen molar-refractivity contribution in [1.82, 2.24) is 0 Å². The van der Waals surface area contributed by atoms with Crippen LogP contribution in [-0.4, -0.2) is 14.9 Å². The Morgan fingerprint density at radius 1 is 1.07 bits per heavy atom. The zero-order valence-electron chi connectivity index (χ0n) is 8.81. The van der Waals surface area contributed by atoms with Crippen LogP contribution in [0.2, 0.25) is 0 Å². The van der Waals surface area contributed by atoms with E-state index in [9.17, 15) is 0 Å². The number of rotatable bonds is 7. The standard InChI is InChI=1S/C11H20Br2O/c1-2-3-4-6-9-10(7-5-8-14)11(9,12)13/h9-10,14H,2-8H2,1H3. The van der Waals surface area contributed by atoms with Crippen LogP contribution in [0.15, 0.2) is 0 Å². The third kappa shape index (κ3) is 3.21. The molecule has 1 aliphatic carbocycles. The molecule has 0 heterocycles. The van der Waals surface area contributed by atoms with Gasteiger partial charge in [-0.15, -0.1) is 0 Å². The fraction of sp³-hybridized carbons (Fsp3) is 1.00. The first kappa shape index (κ1) is 13.0. The fourth-order valence-electron chi connectivity index (χ4n) is 2.17. The molecule has 0 aromatic carbocycles. The Bertz CT molecular complexity index is 171. The van der Waals surface area contributed by atoms with Crippen molar-refractivity contribution in [2.75, 3.05) is 6.61 Å². The Morgan fingerprint density at radius 3 is 2.14 bits per heavy atom. The summed E-state index contributed by atoms with van der Waals surface area (Å²) in [7, 11) is 0. The van der Waals surface area contributed by atoms with Gasteiger partial charge in [-0.1, -0.05) is 58.0 Å². The van der Waals surface area contributed by atoms with Crippen LogP contribution in [0.3, 0.4) is 0 Å². The first-order valence-electron chi connectivity index (χ1n) is 5.63. The summed E-state index contributed by atoms with van der Waals surface area (Å²) in [5.41, 5.74) is 0. The number of hydrogen-bond acceptors (Lipinski definition) is 1. The second-order valence-electron chi connectivity index (χ2n) is 4.25. The molecule has 14 heavy (non-hydrogen) atoms. The van der Waals surface area contributed by atoms with Gasteiger partial charge in [0.15, 0.2) is 0 Å². The summed E-state index contributed by atoms with van der Waals surface area (Å²) in [5, 5.41) is 8.78. The summed E-state index contributed by atoms with van der Waals surface area (Å²) in [5.74, 6) is 1.51. The molecule has 2 unspecified atom stereocenters. The van der Waals surface area contributed by atoms with E-state index in [0.29, 0.717) is 6.61 Å². The lowest BCUT2D eigenvalue weighted by molar-refractivity contribution is 0.279. The molecule has 1 rings (SSSR count). The van der Waals surface area contributed by atoms with Gasteiger partial charge in [-0.05, 0) is 31.1 Å². The van der Waals surface area contributed by atoms with Gasteiger partial charge in [-0.2, -0.15) is 0 Å². The molecule has 1 saturated carbocycles. The number of halogens is 2. The van der Waals surface area contributed by atoms with E-state index in [1.807, 2.05) is 0 Å². The third-order valence-corrected chi connectivity index (χ3v) is 5.51. The van der Waals surface area contributed by atoms with Gasteiger partial charge in [0, 0.05) is 6.61 Å². The van der Waals surface area contributed by atoms with Crippen molar-refractivity contribution in [1.29, 1.82) is 0 Å². The molecule has 0 saturated heterocycles. The van der Waals surface area contributed by atoms with Crippen molar-refractivity contribution >= 4 is 31.9 Å². The third-order valence-electron chi connectivity index (χ3n) is 3.16. The molecule has 0 amide bonds. The average Bonchev–Trinajstić information content (AvgIpc) is 2.65. The largest absolute Gasteiger partial charge is 0.396 e. The predicted molar refractivity (Wildman–Crippen MR) is 68.0 cm³/mol. The average molecular weight is 328 g/mol. The molecule has 0 radical (unpaired) electrons. The van der Waals surface area contributed by atoms with E-state index in [-0.39, 0.29) is 3.23 Å². The highest BCUT2D eigenvalue weighted by Gasteiger charge is 2.59. The molecule has 1 fully saturated rings. The molecule has 0 bridgehead atoms. The number of aliphatic hydroxyl groups is 1. The zero-order chi connectivity index (χ0) is 10.6. The quantitative estimate of drug-likeness (QED) is 0.552. The van der Waals surface area contributed by atoms with Crippen molar-refractivity contribution in [3.63, 3.8) is 0 Å². The van der Waals surface area contributed by atoms with Gasteiger partial charge < -0.3 is 5.11 Å². The van der Waals surface area contributed by atoms with Crippen molar-refractivity contribution in [3.05, 3.63) is 0 Å². The molecule has 1 nitrogen and oxygen atoms in total. The fourth-order valence-corrected chi connectivity index (χ4v) is 4.10. The topological polar surface area (TPSA) is 20.2 Å². The minimum absolute atomic E-state index is 0.197. The van der Waals surface area contributed by atoms with E-state index >= 15 is 0 Å². The van der Waals surface area contributed by atoms with E-state index < -0.39 is 0 Å². The van der Waals surface area contributed by atoms with Crippen molar-refractivity contribution in [2.45, 2.75) is 48.7 Å². The van der Waals surface area contributed by atoms with Crippen molar-refractivity contribution in [3.8, 4) is 0 Å². The summed E-state index contributed by atoms with van der Waals surface area (Å²) in [6.07, 6.45) is 7.39. The molecule has 3 heteroatoms. The smallest absolute Gasteiger partial charge is 0.0868 e. The number of alkyl halides is 2. The van der Waals surface area contributed by atoms with Crippen LogP contribution in [0.25, 0.3) is 0 Å². The normalized spacial score (nSPS) is 29.1. The first-order chi connectivity index (χ1) is 6.64. The summed E-state index contributed by atoms with van der Waals surface area (Å²) < 4.78 is 0.197. The van der Waals surface area contributed by atoms with Gasteiger partial charge in [0.25, 0.3) is 0 Å². The first-order valence-corrected chi connectivity index (χ1v) is 7.21. The maximum absolute atomic E-state index is 8.78. The summed E-state index contributed by atoms with van der Waals surface area (Å²) in [6.45, 7) is 2.57. The highest BCUT2D eigenvalue weighted by atomic mass is 79.9. The van der Waals surface area contributed by atoms with E-state index in [1.165, 1.54) is 25.7 Å². The second-order valence-corrected chi connectivity index (χ2v) is 7.94. The maximum atomic E-state index is 8.78. The Kier molecular flexibility index (Phi) is 5.43. The lowest BCUT2D eigenvalue weighted by Crippen LogP contribution is -1.90. The minimum Gasteiger partial charge on any atom is -0.396 e. The Labute approximate surface area is 104 Å². The molecule has 0 aliphatic heterocycles. The summed E-state index contributed by atoms with van der Waals surface area (Å²) in [4.78, 5) is 0. The number of hydrogen-bond donors (Lipinski definition) is 1. The van der Waals surface area contributed by atoms with Crippen LogP contribution in [-0.2, 0) is 0 Å². The molecule has 0 aromatic heterocycles. The van der Waals surface area contributed by atoms with Crippen LogP contribution >= 0.6 is 31.9 Å². The lowest BCUT2D eigenvalue weighted by Gasteiger charge is -1.98. The molecule has 1 N–H and O–H groups in total. The molecule has 2 atom stereocenters. The molecule has 1 aliphatic rings. The van der Waals surface area contributed by atoms with Crippen molar-refractivity contribution < 1.29 is 5.11 Å². The summed E-state index contributed by atoms with van der Waals surface area (Å²) in [6, 6.07) is 0. The van der Waals surface area contributed by atoms with E-state index in [0.717, 1.165) is 24.7 Å². The van der Waals surface area contributed by atoms with Gasteiger partial charge in [-0.3, -0.25) is 0 Å². The predicted octanol–water partition coefficient (Wildman–Crippen LogP) is 4.07. The van der Waals surface area contributed by atoms with E-state index in [2.05, 4.69) is 38.8 Å². The summed E-state index contributed by atoms with van der Waals surface area (Å²) >= 11 is 7.47. The maximum Gasteiger partial charge on any atom is 0.0868 e. The second kappa shape index (κ2) is 5.86. The Balaban J connectivity index is 2.19. The highest BCUT2D eigenvalue weighted by molar-refractivity contribution is 9.25. The lowest BCUT2D eigenvalue weighted by atomic mass is 10.1. The van der Waals surface area contributed by atoms with E-state index in [1.54, 1.807) is 0 Å².